The highest BCUT2D eigenvalue weighted by atomic mass is 35.5. The van der Waals surface area contributed by atoms with Crippen LogP contribution in [0.1, 0.15) is 32.6 Å². The summed E-state index contributed by atoms with van der Waals surface area (Å²) in [4.78, 5) is 8.65. The molecular formula is C16H20ClN3O. The van der Waals surface area contributed by atoms with E-state index in [4.69, 9.17) is 4.42 Å². The highest BCUT2D eigenvalue weighted by Crippen LogP contribution is 2.30. The molecule has 4 nitrogen and oxygen atoms in total. The number of halogens is 1. The van der Waals surface area contributed by atoms with E-state index in [1.165, 1.54) is 19.3 Å². The molecule has 0 aliphatic heterocycles. The summed E-state index contributed by atoms with van der Waals surface area (Å²) in [6.07, 6.45) is 6.53. The van der Waals surface area contributed by atoms with Crippen LogP contribution >= 0.6 is 12.4 Å². The fraction of sp³-hybridized carbons (Fsp3) is 0.375. The number of nitrogens with zero attached hydrogens (tertiary/aromatic N) is 2. The molecule has 1 N–H and O–H groups in total. The molecule has 5 heteroatoms. The smallest absolute Gasteiger partial charge is 0.196 e. The van der Waals surface area contributed by atoms with Gasteiger partial charge in [-0.15, -0.1) is 12.4 Å². The molecule has 112 valence electrons. The second-order valence-corrected chi connectivity index (χ2v) is 4.99. The van der Waals surface area contributed by atoms with Crippen molar-refractivity contribution in [2.45, 2.75) is 32.6 Å². The molecule has 2 aromatic heterocycles. The van der Waals surface area contributed by atoms with Crippen LogP contribution in [0.2, 0.25) is 0 Å². The van der Waals surface area contributed by atoms with Gasteiger partial charge in [-0.2, -0.15) is 0 Å². The lowest BCUT2D eigenvalue weighted by atomic mass is 10.2. The van der Waals surface area contributed by atoms with Crippen molar-refractivity contribution < 1.29 is 4.42 Å². The van der Waals surface area contributed by atoms with Gasteiger partial charge in [-0.1, -0.05) is 38.3 Å². The molecule has 21 heavy (non-hydrogen) atoms. The van der Waals surface area contributed by atoms with Gasteiger partial charge in [0.1, 0.15) is 17.4 Å². The summed E-state index contributed by atoms with van der Waals surface area (Å²) in [5, 5.41) is 4.40. The third-order valence-corrected chi connectivity index (χ3v) is 3.48. The summed E-state index contributed by atoms with van der Waals surface area (Å²) in [7, 11) is 0. The molecule has 0 saturated carbocycles. The number of unbranched alkanes of at least 4 members (excludes halogenated alkanes) is 3. The minimum atomic E-state index is 0. The van der Waals surface area contributed by atoms with Gasteiger partial charge in [0.05, 0.1) is 0 Å². The summed E-state index contributed by atoms with van der Waals surface area (Å²) in [6, 6.07) is 7.95. The number of fused-ring (bicyclic) bond motifs is 3. The molecule has 0 bridgehead atoms. The first kappa shape index (κ1) is 15.6. The molecule has 1 aromatic carbocycles. The highest BCUT2D eigenvalue weighted by molar-refractivity contribution is 6.05. The first-order chi connectivity index (χ1) is 9.90. The molecule has 0 aliphatic rings. The van der Waals surface area contributed by atoms with Crippen LogP contribution in [-0.4, -0.2) is 16.5 Å². The van der Waals surface area contributed by atoms with E-state index >= 15 is 0 Å². The second-order valence-electron chi connectivity index (χ2n) is 4.99. The third-order valence-electron chi connectivity index (χ3n) is 3.48. The molecule has 0 aliphatic carbocycles. The number of para-hydroxylation sites is 1. The second kappa shape index (κ2) is 7.27. The molecule has 3 rings (SSSR count). The number of benzene rings is 1. The fourth-order valence-corrected chi connectivity index (χ4v) is 2.41. The predicted molar refractivity (Wildman–Crippen MR) is 89.2 cm³/mol. The van der Waals surface area contributed by atoms with Gasteiger partial charge in [-0.05, 0) is 18.6 Å². The normalized spacial score (nSPS) is 10.7. The Morgan fingerprint density at radius 1 is 1.10 bits per heavy atom. The SMILES string of the molecule is CCCCCCNc1ncnc2c1oc1ccccc12.Cl. The molecule has 0 spiro atoms. The Morgan fingerprint density at radius 3 is 2.81 bits per heavy atom. The Hall–Kier alpha value is -1.81. The van der Waals surface area contributed by atoms with Crippen LogP contribution in [0.3, 0.4) is 0 Å². The van der Waals surface area contributed by atoms with Gasteiger partial charge in [0.25, 0.3) is 0 Å². The van der Waals surface area contributed by atoms with E-state index in [1.54, 1.807) is 6.33 Å². The van der Waals surface area contributed by atoms with Crippen LogP contribution in [-0.2, 0) is 0 Å². The molecule has 0 radical (unpaired) electrons. The lowest BCUT2D eigenvalue weighted by molar-refractivity contribution is 0.662. The average Bonchev–Trinajstić information content (AvgIpc) is 2.87. The number of rotatable bonds is 6. The van der Waals surface area contributed by atoms with Crippen LogP contribution in [0.25, 0.3) is 22.1 Å². The molecule has 0 unspecified atom stereocenters. The van der Waals surface area contributed by atoms with Crippen molar-refractivity contribution in [3.05, 3.63) is 30.6 Å². The summed E-state index contributed by atoms with van der Waals surface area (Å²) < 4.78 is 5.87. The zero-order chi connectivity index (χ0) is 13.8. The number of hydrogen-bond donors (Lipinski definition) is 1. The Labute approximate surface area is 130 Å². The van der Waals surface area contributed by atoms with E-state index in [9.17, 15) is 0 Å². The van der Waals surface area contributed by atoms with Gasteiger partial charge in [-0.3, -0.25) is 0 Å². The van der Waals surface area contributed by atoms with Crippen molar-refractivity contribution in [1.29, 1.82) is 0 Å². The van der Waals surface area contributed by atoms with Crippen LogP contribution in [0.15, 0.2) is 35.0 Å². The standard InChI is InChI=1S/C16H19N3O.ClH/c1-2-3-4-7-10-17-16-15-14(18-11-19-16)12-8-5-6-9-13(12)20-15;/h5-6,8-9,11H,2-4,7,10H2,1H3,(H,17,18,19);1H. The van der Waals surface area contributed by atoms with E-state index in [0.29, 0.717) is 0 Å². The predicted octanol–water partition coefficient (Wildman–Crippen LogP) is 4.79. The highest BCUT2D eigenvalue weighted by Gasteiger charge is 2.11. The molecule has 0 atom stereocenters. The summed E-state index contributed by atoms with van der Waals surface area (Å²) >= 11 is 0. The maximum atomic E-state index is 5.87. The van der Waals surface area contributed by atoms with Gasteiger partial charge < -0.3 is 9.73 Å². The van der Waals surface area contributed by atoms with Crippen molar-refractivity contribution in [1.82, 2.24) is 9.97 Å². The number of nitrogens with one attached hydrogen (secondary N) is 1. The zero-order valence-electron chi connectivity index (χ0n) is 12.1. The Kier molecular flexibility index (Phi) is 5.39. The van der Waals surface area contributed by atoms with Crippen molar-refractivity contribution >= 4 is 40.3 Å². The molecule has 0 fully saturated rings. The molecule has 0 saturated heterocycles. The Bertz CT molecular complexity index is 711. The number of anilines is 1. The molecule has 0 amide bonds. The van der Waals surface area contributed by atoms with Gasteiger partial charge in [0.15, 0.2) is 11.4 Å². The summed E-state index contributed by atoms with van der Waals surface area (Å²) in [5.41, 5.74) is 2.49. The maximum Gasteiger partial charge on any atom is 0.196 e. The van der Waals surface area contributed by atoms with E-state index in [1.807, 2.05) is 24.3 Å². The minimum Gasteiger partial charge on any atom is -0.450 e. The van der Waals surface area contributed by atoms with Gasteiger partial charge >= 0.3 is 0 Å². The molecule has 3 aromatic rings. The van der Waals surface area contributed by atoms with Crippen molar-refractivity contribution in [2.75, 3.05) is 11.9 Å². The maximum absolute atomic E-state index is 5.87. The van der Waals surface area contributed by atoms with Crippen LogP contribution < -0.4 is 5.32 Å². The van der Waals surface area contributed by atoms with Gasteiger partial charge in [-0.25, -0.2) is 9.97 Å². The quantitative estimate of drug-likeness (QED) is 0.665. The summed E-state index contributed by atoms with van der Waals surface area (Å²) in [6.45, 7) is 3.14. The average molecular weight is 306 g/mol. The first-order valence-electron chi connectivity index (χ1n) is 7.26. The molecular weight excluding hydrogens is 286 g/mol. The number of aromatic nitrogens is 2. The lowest BCUT2D eigenvalue weighted by Crippen LogP contribution is -2.03. The Balaban J connectivity index is 0.00000161. The Morgan fingerprint density at radius 2 is 1.95 bits per heavy atom. The van der Waals surface area contributed by atoms with Crippen molar-refractivity contribution in [3.8, 4) is 0 Å². The van der Waals surface area contributed by atoms with E-state index in [-0.39, 0.29) is 12.4 Å². The fourth-order valence-electron chi connectivity index (χ4n) is 2.41. The van der Waals surface area contributed by atoms with E-state index in [2.05, 4.69) is 22.2 Å². The molecule has 2 heterocycles. The first-order valence-corrected chi connectivity index (χ1v) is 7.26. The number of hydrogen-bond acceptors (Lipinski definition) is 4. The minimum absolute atomic E-state index is 0. The van der Waals surface area contributed by atoms with Gasteiger partial charge in [0.2, 0.25) is 0 Å². The zero-order valence-corrected chi connectivity index (χ0v) is 12.9. The van der Waals surface area contributed by atoms with Gasteiger partial charge in [0, 0.05) is 11.9 Å². The van der Waals surface area contributed by atoms with Crippen LogP contribution in [0, 0.1) is 0 Å². The monoisotopic (exact) mass is 305 g/mol. The third kappa shape index (κ3) is 3.27. The number of furan rings is 1. The van der Waals surface area contributed by atoms with Crippen LogP contribution in [0.5, 0.6) is 0 Å². The topological polar surface area (TPSA) is 51.0 Å². The largest absolute Gasteiger partial charge is 0.450 e. The lowest BCUT2D eigenvalue weighted by Gasteiger charge is -2.04. The van der Waals surface area contributed by atoms with Crippen LogP contribution in [0.4, 0.5) is 5.82 Å². The summed E-state index contributed by atoms with van der Waals surface area (Å²) in [5.74, 6) is 0.794. The van der Waals surface area contributed by atoms with Crippen molar-refractivity contribution in [3.63, 3.8) is 0 Å². The van der Waals surface area contributed by atoms with E-state index < -0.39 is 0 Å². The van der Waals surface area contributed by atoms with Crippen molar-refractivity contribution in [2.24, 2.45) is 0 Å². The van der Waals surface area contributed by atoms with E-state index in [0.717, 1.165) is 40.9 Å².